The standard InChI is InChI=1S/C11H13N3O3S/c1-2-13-11(15)8-14-18(16,17)10-5-3-4-9(6-10)7-12/h3-6,14H,2,8H2,1H3,(H,13,15). The third-order valence-electron chi connectivity index (χ3n) is 2.07. The number of likely N-dealkylation sites (N-methyl/N-ethyl adjacent to an activating group) is 1. The van der Waals surface area contributed by atoms with Crippen molar-refractivity contribution in [1.29, 1.82) is 5.26 Å². The summed E-state index contributed by atoms with van der Waals surface area (Å²) in [5.74, 6) is -0.405. The smallest absolute Gasteiger partial charge is 0.241 e. The molecule has 2 N–H and O–H groups in total. The van der Waals surface area contributed by atoms with Gasteiger partial charge >= 0.3 is 0 Å². The number of nitrogens with zero attached hydrogens (tertiary/aromatic N) is 1. The van der Waals surface area contributed by atoms with Crippen LogP contribution in [0.25, 0.3) is 0 Å². The van der Waals surface area contributed by atoms with Crippen LogP contribution in [0, 0.1) is 11.3 Å². The van der Waals surface area contributed by atoms with E-state index in [0.29, 0.717) is 6.54 Å². The first-order chi connectivity index (χ1) is 8.49. The van der Waals surface area contributed by atoms with E-state index in [-0.39, 0.29) is 17.0 Å². The highest BCUT2D eigenvalue weighted by Crippen LogP contribution is 2.10. The van der Waals surface area contributed by atoms with Crippen molar-refractivity contribution in [2.24, 2.45) is 0 Å². The maximum absolute atomic E-state index is 11.8. The molecule has 0 aromatic heterocycles. The highest BCUT2D eigenvalue weighted by molar-refractivity contribution is 7.89. The number of hydrogen-bond acceptors (Lipinski definition) is 4. The SMILES string of the molecule is CCNC(=O)CNS(=O)(=O)c1cccc(C#N)c1. The fourth-order valence-corrected chi connectivity index (χ4v) is 2.26. The third kappa shape index (κ3) is 3.84. The lowest BCUT2D eigenvalue weighted by molar-refractivity contribution is -0.119. The Balaban J connectivity index is 2.80. The molecule has 0 unspecified atom stereocenters. The molecular weight excluding hydrogens is 254 g/mol. The predicted molar refractivity (Wildman–Crippen MR) is 65.0 cm³/mol. The minimum absolute atomic E-state index is 0.0363. The quantitative estimate of drug-likeness (QED) is 0.782. The molecule has 96 valence electrons. The van der Waals surface area contributed by atoms with E-state index < -0.39 is 15.9 Å². The van der Waals surface area contributed by atoms with Gasteiger partial charge in [0.1, 0.15) is 0 Å². The normalized spacial score (nSPS) is 10.7. The maximum atomic E-state index is 11.8. The van der Waals surface area contributed by atoms with Crippen molar-refractivity contribution in [3.63, 3.8) is 0 Å². The largest absolute Gasteiger partial charge is 0.355 e. The van der Waals surface area contributed by atoms with Gasteiger partial charge < -0.3 is 5.32 Å². The minimum Gasteiger partial charge on any atom is -0.355 e. The Morgan fingerprint density at radius 2 is 2.17 bits per heavy atom. The number of sulfonamides is 1. The molecule has 0 atom stereocenters. The topological polar surface area (TPSA) is 99.1 Å². The summed E-state index contributed by atoms with van der Waals surface area (Å²) in [5.41, 5.74) is 0.246. The third-order valence-corrected chi connectivity index (χ3v) is 3.47. The molecule has 1 aromatic rings. The molecule has 7 heteroatoms. The van der Waals surface area contributed by atoms with Crippen molar-refractivity contribution in [3.05, 3.63) is 29.8 Å². The lowest BCUT2D eigenvalue weighted by Crippen LogP contribution is -2.36. The second-order valence-corrected chi connectivity index (χ2v) is 5.18. The van der Waals surface area contributed by atoms with Crippen LogP contribution < -0.4 is 10.0 Å². The lowest BCUT2D eigenvalue weighted by Gasteiger charge is -2.06. The van der Waals surface area contributed by atoms with Gasteiger partial charge in [-0.3, -0.25) is 4.79 Å². The van der Waals surface area contributed by atoms with E-state index >= 15 is 0 Å². The van der Waals surface area contributed by atoms with Crippen molar-refractivity contribution in [3.8, 4) is 6.07 Å². The van der Waals surface area contributed by atoms with E-state index in [1.165, 1.54) is 24.3 Å². The van der Waals surface area contributed by atoms with Gasteiger partial charge in [-0.15, -0.1) is 0 Å². The zero-order valence-corrected chi connectivity index (χ0v) is 10.6. The van der Waals surface area contributed by atoms with Crippen molar-refractivity contribution < 1.29 is 13.2 Å². The summed E-state index contributed by atoms with van der Waals surface area (Å²) < 4.78 is 25.8. The van der Waals surface area contributed by atoms with Crippen molar-refractivity contribution >= 4 is 15.9 Å². The maximum Gasteiger partial charge on any atom is 0.241 e. The summed E-state index contributed by atoms with van der Waals surface area (Å²) in [6, 6.07) is 7.44. The fraction of sp³-hybridized carbons (Fsp3) is 0.273. The molecule has 0 saturated heterocycles. The number of benzene rings is 1. The lowest BCUT2D eigenvalue weighted by atomic mass is 10.2. The number of rotatable bonds is 5. The summed E-state index contributed by atoms with van der Waals surface area (Å²) in [5, 5.41) is 11.2. The first-order valence-corrected chi connectivity index (χ1v) is 6.74. The summed E-state index contributed by atoms with van der Waals surface area (Å²) in [6.07, 6.45) is 0. The van der Waals surface area contributed by atoms with Gasteiger partial charge in [0.15, 0.2) is 0 Å². The Hall–Kier alpha value is -1.91. The molecule has 18 heavy (non-hydrogen) atoms. The molecule has 0 saturated carbocycles. The van der Waals surface area contributed by atoms with Crippen LogP contribution in [0.4, 0.5) is 0 Å². The molecule has 0 radical (unpaired) electrons. The van der Waals surface area contributed by atoms with Crippen LogP contribution in [0.15, 0.2) is 29.2 Å². The van der Waals surface area contributed by atoms with Gasteiger partial charge in [0, 0.05) is 6.54 Å². The first-order valence-electron chi connectivity index (χ1n) is 5.26. The average Bonchev–Trinajstić information content (AvgIpc) is 2.37. The zero-order valence-electron chi connectivity index (χ0n) is 9.80. The van der Waals surface area contributed by atoms with Gasteiger partial charge in [-0.05, 0) is 25.1 Å². The van der Waals surface area contributed by atoms with Gasteiger partial charge in [-0.1, -0.05) is 6.07 Å². The molecule has 0 heterocycles. The van der Waals surface area contributed by atoms with E-state index in [2.05, 4.69) is 10.0 Å². The van der Waals surface area contributed by atoms with Crippen LogP contribution >= 0.6 is 0 Å². The van der Waals surface area contributed by atoms with Crippen LogP contribution in [0.3, 0.4) is 0 Å². The molecule has 0 aliphatic heterocycles. The fourth-order valence-electron chi connectivity index (χ4n) is 1.24. The number of carbonyl (C=O) groups is 1. The number of hydrogen-bond donors (Lipinski definition) is 2. The van der Waals surface area contributed by atoms with Crippen LogP contribution in [0.1, 0.15) is 12.5 Å². The second kappa shape index (κ2) is 6.14. The molecule has 0 aliphatic rings. The van der Waals surface area contributed by atoms with Gasteiger partial charge in [-0.25, -0.2) is 13.1 Å². The average molecular weight is 267 g/mol. The Bertz CT molecular complexity index is 575. The molecule has 1 amide bonds. The molecule has 0 bridgehead atoms. The van der Waals surface area contributed by atoms with E-state index in [1.807, 2.05) is 6.07 Å². The summed E-state index contributed by atoms with van der Waals surface area (Å²) in [6.45, 7) is 1.85. The van der Waals surface area contributed by atoms with Gasteiger partial charge in [-0.2, -0.15) is 5.26 Å². The zero-order chi connectivity index (χ0) is 13.6. The Labute approximate surface area is 106 Å². The molecule has 0 fully saturated rings. The monoisotopic (exact) mass is 267 g/mol. The van der Waals surface area contributed by atoms with E-state index in [9.17, 15) is 13.2 Å². The van der Waals surface area contributed by atoms with E-state index in [0.717, 1.165) is 0 Å². The van der Waals surface area contributed by atoms with E-state index in [4.69, 9.17) is 5.26 Å². The molecule has 1 aromatic carbocycles. The molecular formula is C11H13N3O3S. The number of nitriles is 1. The van der Waals surface area contributed by atoms with Gasteiger partial charge in [0.25, 0.3) is 0 Å². The summed E-state index contributed by atoms with van der Waals surface area (Å²) >= 11 is 0. The molecule has 6 nitrogen and oxygen atoms in total. The minimum atomic E-state index is -3.77. The van der Waals surface area contributed by atoms with Gasteiger partial charge in [0.2, 0.25) is 15.9 Å². The van der Waals surface area contributed by atoms with Crippen molar-refractivity contribution in [2.45, 2.75) is 11.8 Å². The number of amides is 1. The van der Waals surface area contributed by atoms with Crippen LogP contribution in [0.2, 0.25) is 0 Å². The Morgan fingerprint density at radius 1 is 1.44 bits per heavy atom. The Kier molecular flexibility index (Phi) is 4.83. The van der Waals surface area contributed by atoms with Crippen LogP contribution in [-0.2, 0) is 14.8 Å². The number of carbonyl (C=O) groups excluding carboxylic acids is 1. The predicted octanol–water partition coefficient (Wildman–Crippen LogP) is -0.0273. The molecule has 0 spiro atoms. The Morgan fingerprint density at radius 3 is 2.78 bits per heavy atom. The highest BCUT2D eigenvalue weighted by Gasteiger charge is 2.15. The highest BCUT2D eigenvalue weighted by atomic mass is 32.2. The van der Waals surface area contributed by atoms with Crippen LogP contribution in [0.5, 0.6) is 0 Å². The number of nitrogens with one attached hydrogen (secondary N) is 2. The second-order valence-electron chi connectivity index (χ2n) is 3.42. The molecule has 1 rings (SSSR count). The summed E-state index contributed by atoms with van der Waals surface area (Å²) in [4.78, 5) is 11.1. The van der Waals surface area contributed by atoms with Crippen molar-refractivity contribution in [2.75, 3.05) is 13.1 Å². The van der Waals surface area contributed by atoms with Crippen LogP contribution in [-0.4, -0.2) is 27.4 Å². The van der Waals surface area contributed by atoms with Crippen molar-refractivity contribution in [1.82, 2.24) is 10.0 Å². The summed E-state index contributed by atoms with van der Waals surface area (Å²) in [7, 11) is -3.77. The first kappa shape index (κ1) is 14.2. The van der Waals surface area contributed by atoms with E-state index in [1.54, 1.807) is 6.92 Å². The molecule has 0 aliphatic carbocycles. The van der Waals surface area contributed by atoms with Gasteiger partial charge in [0.05, 0.1) is 23.1 Å².